The number of methoxy groups -OCH3 is 1. The molecule has 0 bridgehead atoms. The van der Waals surface area contributed by atoms with Gasteiger partial charge < -0.3 is 14.9 Å². The number of hydrogen-bond donors (Lipinski definition) is 2. The Labute approximate surface area is 93.0 Å². The van der Waals surface area contributed by atoms with Gasteiger partial charge in [0, 0.05) is 12.7 Å². The zero-order valence-electron chi connectivity index (χ0n) is 9.19. The summed E-state index contributed by atoms with van der Waals surface area (Å²) < 4.78 is 4.88. The number of hydrogen-bond acceptors (Lipinski definition) is 3. The number of aliphatic carboxylic acids is 2. The molecule has 0 radical (unpaired) electrons. The zero-order valence-corrected chi connectivity index (χ0v) is 9.19. The highest BCUT2D eigenvalue weighted by Gasteiger charge is 2.36. The molecular weight excluding hydrogens is 212 g/mol. The zero-order chi connectivity index (χ0) is 12.3. The summed E-state index contributed by atoms with van der Waals surface area (Å²) in [4.78, 5) is 22.0. The van der Waals surface area contributed by atoms with Crippen LogP contribution in [0.3, 0.4) is 0 Å². The number of rotatable bonds is 4. The third-order valence-corrected chi connectivity index (χ3v) is 2.50. The number of carbonyl (C=O) groups is 2. The molecule has 16 heavy (non-hydrogen) atoms. The Kier molecular flexibility index (Phi) is 3.49. The Morgan fingerprint density at radius 1 is 1.50 bits per heavy atom. The lowest BCUT2D eigenvalue weighted by Crippen LogP contribution is -2.30. The first kappa shape index (κ1) is 12.4. The van der Waals surface area contributed by atoms with Crippen LogP contribution in [-0.2, 0) is 14.3 Å². The summed E-state index contributed by atoms with van der Waals surface area (Å²) in [5.41, 5.74) is -0.494. The molecule has 0 aliphatic heterocycles. The highest BCUT2D eigenvalue weighted by atomic mass is 16.5. The third kappa shape index (κ3) is 2.49. The van der Waals surface area contributed by atoms with Crippen molar-refractivity contribution >= 4 is 11.9 Å². The molecule has 1 unspecified atom stereocenters. The van der Waals surface area contributed by atoms with E-state index in [1.807, 2.05) is 0 Å². The van der Waals surface area contributed by atoms with Crippen molar-refractivity contribution in [3.63, 3.8) is 0 Å². The Bertz CT molecular complexity index is 380. The standard InChI is InChI=1S/C11H14O5/c1-11(10(14)15)4-7(6-16-2)3-8(5-11)9(12)13/h3-4H,5-6H2,1-2H3,(H,12,13)(H,14,15). The van der Waals surface area contributed by atoms with Gasteiger partial charge in [-0.2, -0.15) is 0 Å². The molecule has 1 atom stereocenters. The summed E-state index contributed by atoms with van der Waals surface area (Å²) in [6, 6.07) is 0. The summed E-state index contributed by atoms with van der Waals surface area (Å²) in [5.74, 6) is -2.12. The van der Waals surface area contributed by atoms with Gasteiger partial charge in [0.05, 0.1) is 12.0 Å². The second-order valence-electron chi connectivity index (χ2n) is 4.03. The van der Waals surface area contributed by atoms with E-state index in [2.05, 4.69) is 0 Å². The molecule has 0 spiro atoms. The normalized spacial score (nSPS) is 24.6. The maximum atomic E-state index is 11.1. The van der Waals surface area contributed by atoms with E-state index in [9.17, 15) is 9.59 Å². The van der Waals surface area contributed by atoms with Crippen LogP contribution in [0.25, 0.3) is 0 Å². The molecule has 0 saturated carbocycles. The van der Waals surface area contributed by atoms with Gasteiger partial charge in [-0.1, -0.05) is 6.08 Å². The molecule has 1 aliphatic carbocycles. The van der Waals surface area contributed by atoms with Crippen LogP contribution in [-0.4, -0.2) is 35.9 Å². The van der Waals surface area contributed by atoms with Crippen molar-refractivity contribution in [2.45, 2.75) is 13.3 Å². The molecule has 0 heterocycles. The van der Waals surface area contributed by atoms with Crippen LogP contribution in [0.1, 0.15) is 13.3 Å². The Morgan fingerprint density at radius 2 is 2.12 bits per heavy atom. The van der Waals surface area contributed by atoms with Crippen LogP contribution in [0.5, 0.6) is 0 Å². The van der Waals surface area contributed by atoms with E-state index in [-0.39, 0.29) is 18.6 Å². The van der Waals surface area contributed by atoms with E-state index >= 15 is 0 Å². The molecule has 1 rings (SSSR count). The summed E-state index contributed by atoms with van der Waals surface area (Å²) in [6.45, 7) is 1.71. The van der Waals surface area contributed by atoms with Gasteiger partial charge in [0.25, 0.3) is 0 Å². The predicted molar refractivity (Wildman–Crippen MR) is 56.0 cm³/mol. The average Bonchev–Trinajstić information content (AvgIpc) is 2.17. The number of carboxylic acids is 2. The average molecular weight is 226 g/mol. The molecule has 0 aromatic heterocycles. The second-order valence-corrected chi connectivity index (χ2v) is 4.03. The fourth-order valence-corrected chi connectivity index (χ4v) is 1.70. The van der Waals surface area contributed by atoms with Gasteiger partial charge in [-0.25, -0.2) is 4.79 Å². The van der Waals surface area contributed by atoms with Gasteiger partial charge in [-0.05, 0) is 25.0 Å². The fourth-order valence-electron chi connectivity index (χ4n) is 1.70. The maximum Gasteiger partial charge on any atom is 0.331 e. The van der Waals surface area contributed by atoms with Crippen molar-refractivity contribution in [3.8, 4) is 0 Å². The molecule has 0 aromatic rings. The fraction of sp³-hybridized carbons (Fsp3) is 0.455. The molecule has 88 valence electrons. The summed E-state index contributed by atoms with van der Waals surface area (Å²) in [6.07, 6.45) is 3.01. The Balaban J connectivity index is 3.09. The van der Waals surface area contributed by atoms with Gasteiger partial charge in [0.1, 0.15) is 0 Å². The quantitative estimate of drug-likeness (QED) is 0.749. The van der Waals surface area contributed by atoms with E-state index in [0.29, 0.717) is 5.57 Å². The molecule has 0 saturated heterocycles. The molecule has 1 aliphatic rings. The summed E-state index contributed by atoms with van der Waals surface area (Å²) in [5, 5.41) is 18.0. The summed E-state index contributed by atoms with van der Waals surface area (Å²) in [7, 11) is 1.47. The van der Waals surface area contributed by atoms with Gasteiger partial charge in [-0.15, -0.1) is 0 Å². The molecular formula is C11H14O5. The minimum absolute atomic E-state index is 0.00905. The van der Waals surface area contributed by atoms with Gasteiger partial charge >= 0.3 is 11.9 Å². The second kappa shape index (κ2) is 4.49. The highest BCUT2D eigenvalue weighted by Crippen LogP contribution is 2.34. The van der Waals surface area contributed by atoms with Crippen molar-refractivity contribution in [2.24, 2.45) is 5.41 Å². The Morgan fingerprint density at radius 3 is 2.56 bits per heavy atom. The van der Waals surface area contributed by atoms with Gasteiger partial charge in [0.15, 0.2) is 0 Å². The van der Waals surface area contributed by atoms with E-state index in [1.165, 1.54) is 20.1 Å². The highest BCUT2D eigenvalue weighted by molar-refractivity contribution is 5.90. The van der Waals surface area contributed by atoms with Crippen LogP contribution < -0.4 is 0 Å². The van der Waals surface area contributed by atoms with E-state index in [0.717, 1.165) is 0 Å². The predicted octanol–water partition coefficient (Wildman–Crippen LogP) is 1.06. The van der Waals surface area contributed by atoms with Crippen molar-refractivity contribution in [2.75, 3.05) is 13.7 Å². The van der Waals surface area contributed by atoms with Crippen molar-refractivity contribution in [1.29, 1.82) is 0 Å². The minimum atomic E-state index is -1.17. The first-order chi connectivity index (χ1) is 7.39. The minimum Gasteiger partial charge on any atom is -0.481 e. The lowest BCUT2D eigenvalue weighted by molar-refractivity contribution is -0.145. The molecule has 0 fully saturated rings. The van der Waals surface area contributed by atoms with Crippen LogP contribution in [0.15, 0.2) is 23.3 Å². The van der Waals surface area contributed by atoms with Crippen LogP contribution >= 0.6 is 0 Å². The van der Waals surface area contributed by atoms with Crippen molar-refractivity contribution < 1.29 is 24.5 Å². The largest absolute Gasteiger partial charge is 0.481 e. The molecule has 5 nitrogen and oxygen atoms in total. The number of carboxylic acid groups (broad SMARTS) is 2. The molecule has 2 N–H and O–H groups in total. The van der Waals surface area contributed by atoms with E-state index in [1.54, 1.807) is 6.08 Å². The van der Waals surface area contributed by atoms with Gasteiger partial charge in [0.2, 0.25) is 0 Å². The third-order valence-electron chi connectivity index (χ3n) is 2.50. The van der Waals surface area contributed by atoms with E-state index in [4.69, 9.17) is 14.9 Å². The van der Waals surface area contributed by atoms with E-state index < -0.39 is 17.4 Å². The van der Waals surface area contributed by atoms with Crippen LogP contribution in [0, 0.1) is 5.41 Å². The SMILES string of the molecule is COCC1=CC(C)(C(=O)O)CC(C(=O)O)=C1. The molecule has 5 heteroatoms. The molecule has 0 amide bonds. The van der Waals surface area contributed by atoms with Crippen LogP contribution in [0.4, 0.5) is 0 Å². The smallest absolute Gasteiger partial charge is 0.331 e. The maximum absolute atomic E-state index is 11.1. The monoisotopic (exact) mass is 226 g/mol. The van der Waals surface area contributed by atoms with Crippen molar-refractivity contribution in [1.82, 2.24) is 0 Å². The first-order valence-corrected chi connectivity index (χ1v) is 4.77. The summed E-state index contributed by atoms with van der Waals surface area (Å²) >= 11 is 0. The number of ether oxygens (including phenoxy) is 1. The topological polar surface area (TPSA) is 83.8 Å². The van der Waals surface area contributed by atoms with Crippen LogP contribution in [0.2, 0.25) is 0 Å². The lowest BCUT2D eigenvalue weighted by Gasteiger charge is -2.26. The van der Waals surface area contributed by atoms with Gasteiger partial charge in [-0.3, -0.25) is 4.79 Å². The Hall–Kier alpha value is -1.62. The lowest BCUT2D eigenvalue weighted by atomic mass is 9.78. The molecule has 0 aromatic carbocycles. The van der Waals surface area contributed by atoms with Crippen molar-refractivity contribution in [3.05, 3.63) is 23.3 Å². The first-order valence-electron chi connectivity index (χ1n) is 4.77.